The SMILES string of the molecule is C/C=C1\CN2CCC34c5ccccc5N(C(C)=O)[C@H]3[C@H](CO)[C@H]1C[C@H]24. The zero-order valence-electron chi connectivity index (χ0n) is 15.0. The Hall–Kier alpha value is -1.65. The van der Waals surface area contributed by atoms with E-state index in [1.807, 2.05) is 11.0 Å². The van der Waals surface area contributed by atoms with Gasteiger partial charge in [0, 0.05) is 43.1 Å². The predicted molar refractivity (Wildman–Crippen MR) is 97.5 cm³/mol. The second-order valence-corrected chi connectivity index (χ2v) is 8.18. The third-order valence-corrected chi connectivity index (χ3v) is 7.50. The monoisotopic (exact) mass is 338 g/mol. The third-order valence-electron chi connectivity index (χ3n) is 7.50. The van der Waals surface area contributed by atoms with Crippen LogP contribution in [-0.4, -0.2) is 47.7 Å². The number of fused-ring (bicyclic) bond motifs is 2. The first-order valence-corrected chi connectivity index (χ1v) is 9.52. The fourth-order valence-corrected chi connectivity index (χ4v) is 6.69. The first kappa shape index (κ1) is 15.6. The first-order valence-electron chi connectivity index (χ1n) is 9.52. The van der Waals surface area contributed by atoms with Gasteiger partial charge in [-0.2, -0.15) is 0 Å². The predicted octanol–water partition coefficient (Wildman–Crippen LogP) is 2.32. The Kier molecular flexibility index (Phi) is 3.23. The number of anilines is 1. The van der Waals surface area contributed by atoms with Gasteiger partial charge in [0.1, 0.15) is 0 Å². The molecule has 1 aromatic rings. The molecule has 3 heterocycles. The largest absolute Gasteiger partial charge is 0.396 e. The summed E-state index contributed by atoms with van der Waals surface area (Å²) in [6, 6.07) is 9.04. The number of amides is 1. The number of carbonyl (C=O) groups excluding carboxylic acids is 1. The van der Waals surface area contributed by atoms with E-state index >= 15 is 0 Å². The second-order valence-electron chi connectivity index (χ2n) is 8.18. The molecule has 3 aliphatic heterocycles. The molecule has 1 N–H and O–H groups in total. The third kappa shape index (κ3) is 1.72. The normalized spacial score (nSPS) is 40.3. The van der Waals surface area contributed by atoms with Crippen molar-refractivity contribution in [3.8, 4) is 0 Å². The minimum absolute atomic E-state index is 0.00850. The maximum absolute atomic E-state index is 12.7. The van der Waals surface area contributed by atoms with Crippen LogP contribution in [0.15, 0.2) is 35.9 Å². The minimum atomic E-state index is -0.00850. The summed E-state index contributed by atoms with van der Waals surface area (Å²) < 4.78 is 0. The van der Waals surface area contributed by atoms with E-state index in [0.717, 1.165) is 31.6 Å². The van der Waals surface area contributed by atoms with Gasteiger partial charge in [-0.1, -0.05) is 29.8 Å². The highest BCUT2D eigenvalue weighted by atomic mass is 16.3. The zero-order valence-corrected chi connectivity index (χ0v) is 15.0. The lowest BCUT2D eigenvalue weighted by atomic mass is 9.55. The number of aliphatic hydroxyl groups is 1. The number of carbonyl (C=O) groups is 1. The average molecular weight is 338 g/mol. The van der Waals surface area contributed by atoms with E-state index in [9.17, 15) is 9.90 Å². The summed E-state index contributed by atoms with van der Waals surface area (Å²) in [4.78, 5) is 17.3. The van der Waals surface area contributed by atoms with Crippen LogP contribution in [0.2, 0.25) is 0 Å². The summed E-state index contributed by atoms with van der Waals surface area (Å²) in [5, 5.41) is 10.4. The number of allylic oxidation sites excluding steroid dienone is 1. The van der Waals surface area contributed by atoms with Crippen LogP contribution in [0.25, 0.3) is 0 Å². The fraction of sp³-hybridized carbons (Fsp3) is 0.571. The van der Waals surface area contributed by atoms with Crippen molar-refractivity contribution in [2.45, 2.75) is 44.2 Å². The van der Waals surface area contributed by atoms with Crippen molar-refractivity contribution < 1.29 is 9.90 Å². The van der Waals surface area contributed by atoms with Crippen LogP contribution in [0.4, 0.5) is 5.69 Å². The lowest BCUT2D eigenvalue weighted by Crippen LogP contribution is -2.65. The molecule has 2 bridgehead atoms. The highest BCUT2D eigenvalue weighted by Crippen LogP contribution is 2.63. The number of rotatable bonds is 1. The lowest BCUT2D eigenvalue weighted by Gasteiger charge is -2.56. The van der Waals surface area contributed by atoms with Gasteiger partial charge in [0.05, 0.1) is 6.04 Å². The molecule has 4 heteroatoms. The molecule has 5 atom stereocenters. The Morgan fingerprint density at radius 1 is 1.40 bits per heavy atom. The van der Waals surface area contributed by atoms with E-state index in [4.69, 9.17) is 0 Å². The van der Waals surface area contributed by atoms with E-state index in [1.54, 1.807) is 6.92 Å². The molecule has 2 saturated heterocycles. The molecule has 4 nitrogen and oxygen atoms in total. The summed E-state index contributed by atoms with van der Waals surface area (Å²) in [6.07, 6.45) is 4.44. The molecule has 0 aromatic heterocycles. The van der Waals surface area contributed by atoms with Gasteiger partial charge in [0.2, 0.25) is 5.91 Å². The van der Waals surface area contributed by atoms with E-state index in [-0.39, 0.29) is 29.9 Å². The Bertz CT molecular complexity index is 773. The number of aliphatic hydroxyl groups excluding tert-OH is 1. The van der Waals surface area contributed by atoms with Gasteiger partial charge in [-0.3, -0.25) is 9.69 Å². The number of para-hydroxylation sites is 1. The van der Waals surface area contributed by atoms with Gasteiger partial charge in [-0.25, -0.2) is 0 Å². The molecular formula is C21H26N2O2. The van der Waals surface area contributed by atoms with Crippen LogP contribution in [-0.2, 0) is 10.2 Å². The van der Waals surface area contributed by atoms with Crippen molar-refractivity contribution in [3.63, 3.8) is 0 Å². The van der Waals surface area contributed by atoms with Gasteiger partial charge in [0.15, 0.2) is 0 Å². The van der Waals surface area contributed by atoms with E-state index in [2.05, 4.69) is 36.1 Å². The molecule has 1 aromatic carbocycles. The van der Waals surface area contributed by atoms with Gasteiger partial charge in [0.25, 0.3) is 0 Å². The molecule has 1 aliphatic carbocycles. The van der Waals surface area contributed by atoms with Crippen molar-refractivity contribution in [1.82, 2.24) is 4.90 Å². The zero-order chi connectivity index (χ0) is 17.3. The lowest BCUT2D eigenvalue weighted by molar-refractivity contribution is -0.118. The van der Waals surface area contributed by atoms with Crippen molar-refractivity contribution in [2.24, 2.45) is 11.8 Å². The van der Waals surface area contributed by atoms with Crippen molar-refractivity contribution in [3.05, 3.63) is 41.5 Å². The Labute approximate surface area is 149 Å². The molecule has 1 unspecified atom stereocenters. The summed E-state index contributed by atoms with van der Waals surface area (Å²) >= 11 is 0. The molecule has 132 valence electrons. The van der Waals surface area contributed by atoms with Gasteiger partial charge < -0.3 is 10.0 Å². The molecule has 1 saturated carbocycles. The van der Waals surface area contributed by atoms with Crippen LogP contribution in [0.1, 0.15) is 32.3 Å². The fourth-order valence-electron chi connectivity index (χ4n) is 6.69. The number of nitrogens with zero attached hydrogens (tertiary/aromatic N) is 2. The van der Waals surface area contributed by atoms with Crippen molar-refractivity contribution in [1.29, 1.82) is 0 Å². The summed E-state index contributed by atoms with van der Waals surface area (Å²) in [5.41, 5.74) is 3.86. The van der Waals surface area contributed by atoms with Crippen LogP contribution in [0, 0.1) is 11.8 Å². The Morgan fingerprint density at radius 3 is 2.92 bits per heavy atom. The van der Waals surface area contributed by atoms with Crippen LogP contribution in [0.3, 0.4) is 0 Å². The van der Waals surface area contributed by atoms with Crippen LogP contribution in [0.5, 0.6) is 0 Å². The molecule has 4 aliphatic rings. The summed E-state index contributed by atoms with van der Waals surface area (Å²) in [5.74, 6) is 0.621. The molecule has 1 amide bonds. The quantitative estimate of drug-likeness (QED) is 0.799. The van der Waals surface area contributed by atoms with Crippen molar-refractivity contribution in [2.75, 3.05) is 24.6 Å². The second kappa shape index (κ2) is 5.18. The van der Waals surface area contributed by atoms with Gasteiger partial charge >= 0.3 is 0 Å². The van der Waals surface area contributed by atoms with Crippen LogP contribution >= 0.6 is 0 Å². The smallest absolute Gasteiger partial charge is 0.224 e. The molecule has 0 radical (unpaired) electrons. The topological polar surface area (TPSA) is 43.8 Å². The number of hydrogen-bond donors (Lipinski definition) is 1. The van der Waals surface area contributed by atoms with Crippen LogP contribution < -0.4 is 4.90 Å². The molecular weight excluding hydrogens is 312 g/mol. The average Bonchev–Trinajstić information content (AvgIpc) is 3.15. The standard InChI is InChI=1S/C21H26N2O2/c1-3-14-11-22-9-8-21-17-6-4-5-7-18(17)23(13(2)25)20(21)16(12-24)15(14)10-19(21)22/h3-7,15-16,19-20,24H,8-12H2,1-2H3/b14-3+/t15-,16+,19-,20-,21?/m0/s1. The number of piperidine rings is 1. The highest BCUT2D eigenvalue weighted by Gasteiger charge is 2.67. The first-order chi connectivity index (χ1) is 12.1. The maximum Gasteiger partial charge on any atom is 0.224 e. The maximum atomic E-state index is 12.7. The summed E-state index contributed by atoms with van der Waals surface area (Å²) in [7, 11) is 0. The highest BCUT2D eigenvalue weighted by molar-refractivity contribution is 5.96. The molecule has 5 rings (SSSR count). The molecule has 1 spiro atoms. The Balaban J connectivity index is 1.77. The van der Waals surface area contributed by atoms with Gasteiger partial charge in [-0.05, 0) is 43.9 Å². The summed E-state index contributed by atoms with van der Waals surface area (Å²) in [6.45, 7) is 6.06. The minimum Gasteiger partial charge on any atom is -0.396 e. The van der Waals surface area contributed by atoms with Crippen molar-refractivity contribution >= 4 is 11.6 Å². The Morgan fingerprint density at radius 2 is 2.20 bits per heavy atom. The van der Waals surface area contributed by atoms with Gasteiger partial charge in [-0.15, -0.1) is 0 Å². The van der Waals surface area contributed by atoms with E-state index < -0.39 is 0 Å². The molecule has 25 heavy (non-hydrogen) atoms. The molecule has 3 fully saturated rings. The van der Waals surface area contributed by atoms with E-state index in [0.29, 0.717) is 12.0 Å². The number of benzene rings is 1. The number of hydrogen-bond acceptors (Lipinski definition) is 3. The van der Waals surface area contributed by atoms with E-state index in [1.165, 1.54) is 11.1 Å².